The van der Waals surface area contributed by atoms with Crippen LogP contribution in [-0.2, 0) is 0 Å². The number of aliphatic imine (C=N–C) groups is 1. The van der Waals surface area contributed by atoms with E-state index in [9.17, 15) is 0 Å². The van der Waals surface area contributed by atoms with Gasteiger partial charge in [0.15, 0.2) is 0 Å². The molecule has 0 saturated carbocycles. The van der Waals surface area contributed by atoms with E-state index < -0.39 is 0 Å². The Hall–Kier alpha value is 0.186. The van der Waals surface area contributed by atoms with E-state index in [-0.39, 0.29) is 51.4 Å². The van der Waals surface area contributed by atoms with Gasteiger partial charge in [0, 0.05) is 12.1 Å². The van der Waals surface area contributed by atoms with Crippen molar-refractivity contribution >= 4 is 5.84 Å². The third-order valence-corrected chi connectivity index (χ3v) is 1.82. The molecule has 5 heteroatoms. The molecular weight excluding hydrogens is 227 g/mol. The van der Waals surface area contributed by atoms with Crippen LogP contribution in [0.1, 0.15) is 13.8 Å². The molecule has 0 spiro atoms. The van der Waals surface area contributed by atoms with Crippen molar-refractivity contribution in [2.24, 2.45) is 16.6 Å². The largest absolute Gasteiger partial charge is 1.00 e. The average molecular weight is 248 g/mol. The zero-order valence-electron chi connectivity index (χ0n) is 11.0. The summed E-state index contributed by atoms with van der Waals surface area (Å²) in [4.78, 5) is 4.28. The number of hydrogen-bond donors (Lipinski definition) is 2. The van der Waals surface area contributed by atoms with Crippen molar-refractivity contribution in [1.29, 1.82) is 0 Å². The molecular formula is C11H21KN4. The van der Waals surface area contributed by atoms with Crippen LogP contribution in [0.2, 0.25) is 0 Å². The van der Waals surface area contributed by atoms with Gasteiger partial charge in [0.05, 0.1) is 0 Å². The normalized spacial score (nSPS) is 12.7. The third-order valence-electron chi connectivity index (χ3n) is 1.82. The van der Waals surface area contributed by atoms with Crippen LogP contribution in [0.3, 0.4) is 0 Å². The van der Waals surface area contributed by atoms with Gasteiger partial charge < -0.3 is 16.4 Å². The first kappa shape index (κ1) is 18.5. The molecule has 16 heavy (non-hydrogen) atoms. The van der Waals surface area contributed by atoms with Crippen LogP contribution >= 0.6 is 0 Å². The first-order valence-corrected chi connectivity index (χ1v) is 5.01. The number of nitrogens with one attached hydrogen (secondary N) is 1. The predicted octanol–water partition coefficient (Wildman–Crippen LogP) is -1.38. The van der Waals surface area contributed by atoms with Crippen LogP contribution < -0.4 is 62.4 Å². The van der Waals surface area contributed by atoms with Crippen molar-refractivity contribution in [1.82, 2.24) is 5.32 Å². The Balaban J connectivity index is 0. The summed E-state index contributed by atoms with van der Waals surface area (Å²) in [6.07, 6.45) is 1.66. The quantitative estimate of drug-likeness (QED) is 0.263. The minimum Gasteiger partial charge on any atom is -0.484 e. The number of nitrogens with zero attached hydrogens (tertiary/aromatic N) is 2. The van der Waals surface area contributed by atoms with E-state index in [2.05, 4.69) is 36.1 Å². The molecule has 3 N–H and O–H groups in total. The minimum absolute atomic E-state index is 0. The monoisotopic (exact) mass is 248 g/mol. The second kappa shape index (κ2) is 10.3. The zero-order valence-corrected chi connectivity index (χ0v) is 14.2. The number of nitrogens with two attached hydrogens (primary N) is 1. The first-order valence-electron chi connectivity index (χ1n) is 5.01. The number of amidine groups is 1. The van der Waals surface area contributed by atoms with Gasteiger partial charge in [0.25, 0.3) is 0 Å². The molecule has 0 amide bonds. The number of rotatable bonds is 6. The molecule has 86 valence electrons. The van der Waals surface area contributed by atoms with Crippen molar-refractivity contribution in [2.45, 2.75) is 13.8 Å². The van der Waals surface area contributed by atoms with E-state index in [1.807, 2.05) is 0 Å². The summed E-state index contributed by atoms with van der Waals surface area (Å²) in [6, 6.07) is 0. The van der Waals surface area contributed by atoms with Gasteiger partial charge in [0.1, 0.15) is 5.84 Å². The van der Waals surface area contributed by atoms with E-state index in [0.717, 1.165) is 5.57 Å². The molecule has 4 nitrogen and oxygen atoms in total. The van der Waals surface area contributed by atoms with Crippen molar-refractivity contribution in [3.05, 3.63) is 29.4 Å². The fraction of sp³-hybridized carbons (Fsp3) is 0.545. The molecule has 0 unspecified atom stereocenters. The molecule has 0 aromatic carbocycles. The average Bonchev–Trinajstić information content (AvgIpc) is 2.22. The molecule has 0 atom stereocenters. The molecule has 0 aliphatic rings. The Morgan fingerprint density at radius 2 is 2.12 bits per heavy atom. The van der Waals surface area contributed by atoms with E-state index in [0.29, 0.717) is 24.1 Å². The van der Waals surface area contributed by atoms with Gasteiger partial charge in [-0.15, -0.1) is 0 Å². The van der Waals surface area contributed by atoms with Gasteiger partial charge in [-0.3, -0.25) is 4.99 Å². The van der Waals surface area contributed by atoms with Gasteiger partial charge in [-0.05, 0) is 5.92 Å². The first-order chi connectivity index (χ1) is 7.06. The number of hydrogen-bond acceptors (Lipinski definition) is 2. The van der Waals surface area contributed by atoms with Gasteiger partial charge in [0.2, 0.25) is 0 Å². The van der Waals surface area contributed by atoms with Crippen molar-refractivity contribution < 1.29 is 51.4 Å². The predicted molar refractivity (Wildman–Crippen MR) is 66.9 cm³/mol. The molecule has 0 fully saturated rings. The maximum absolute atomic E-state index is 5.85. The Morgan fingerprint density at radius 1 is 1.56 bits per heavy atom. The van der Waals surface area contributed by atoms with Crippen molar-refractivity contribution in [3.8, 4) is 0 Å². The van der Waals surface area contributed by atoms with Crippen LogP contribution in [0, 0.1) is 5.92 Å². The van der Waals surface area contributed by atoms with Crippen LogP contribution in [0.25, 0.3) is 5.32 Å². The maximum Gasteiger partial charge on any atom is 1.00 e. The molecule has 0 rings (SSSR count). The Labute approximate surface area is 141 Å². The third kappa shape index (κ3) is 6.70. The Morgan fingerprint density at radius 3 is 2.44 bits per heavy atom. The topological polar surface area (TPSA) is 64.5 Å². The summed E-state index contributed by atoms with van der Waals surface area (Å²) in [5.41, 5.74) is 6.60. The zero-order chi connectivity index (χ0) is 11.8. The van der Waals surface area contributed by atoms with Crippen molar-refractivity contribution in [3.63, 3.8) is 0 Å². The molecule has 0 aliphatic carbocycles. The van der Waals surface area contributed by atoms with Crippen LogP contribution in [0.4, 0.5) is 0 Å². The van der Waals surface area contributed by atoms with E-state index in [4.69, 9.17) is 5.73 Å². The van der Waals surface area contributed by atoms with Gasteiger partial charge in [-0.1, -0.05) is 46.4 Å². The van der Waals surface area contributed by atoms with Gasteiger partial charge >= 0.3 is 51.4 Å². The fourth-order valence-corrected chi connectivity index (χ4v) is 1.06. The molecule has 0 aromatic heterocycles. The summed E-state index contributed by atoms with van der Waals surface area (Å²) in [5.74, 6) is 1.68. The Bertz CT molecular complexity index is 263. The molecule has 0 aliphatic heterocycles. The van der Waals surface area contributed by atoms with Gasteiger partial charge in [-0.2, -0.15) is 0 Å². The summed E-state index contributed by atoms with van der Waals surface area (Å²) < 4.78 is 0. The molecule has 0 radical (unpaired) electrons. The molecule has 0 heterocycles. The second-order valence-electron chi connectivity index (χ2n) is 3.56. The maximum atomic E-state index is 5.85. The fourth-order valence-electron chi connectivity index (χ4n) is 1.06. The van der Waals surface area contributed by atoms with Crippen LogP contribution in [-0.4, -0.2) is 26.5 Å². The van der Waals surface area contributed by atoms with Gasteiger partial charge in [-0.25, -0.2) is 0 Å². The van der Waals surface area contributed by atoms with Crippen molar-refractivity contribution in [2.75, 3.05) is 20.6 Å². The van der Waals surface area contributed by atoms with E-state index in [1.54, 1.807) is 20.2 Å². The molecule has 0 saturated heterocycles. The summed E-state index contributed by atoms with van der Waals surface area (Å²) in [6.45, 7) is 8.61. The summed E-state index contributed by atoms with van der Waals surface area (Å²) in [7, 11) is 3.49. The molecule has 0 aromatic rings. The van der Waals surface area contributed by atoms with E-state index >= 15 is 0 Å². The van der Waals surface area contributed by atoms with E-state index in [1.165, 1.54) is 0 Å². The smallest absolute Gasteiger partial charge is 0.484 e. The SMILES string of the molecule is C=C/C(C(N)=NCC(C)C)=C(/[N-]C)NC.[K+]. The minimum atomic E-state index is 0. The second-order valence-corrected chi connectivity index (χ2v) is 3.56. The van der Waals surface area contributed by atoms with Crippen LogP contribution in [0.5, 0.6) is 0 Å². The standard InChI is InChI=1S/C11H21N4.K/c1-6-9(11(13-4)14-5)10(12)15-7-8(2)3;/h6,8,13H,1,7H2,2-5H3,(H2,12,15);/q-1;+1/b11-9-;. The molecule has 0 bridgehead atoms. The summed E-state index contributed by atoms with van der Waals surface area (Å²) in [5, 5.41) is 7.01. The van der Waals surface area contributed by atoms with Crippen LogP contribution in [0.15, 0.2) is 29.0 Å². The Kier molecular flexibility index (Phi) is 12.0. The summed E-state index contributed by atoms with van der Waals surface area (Å²) >= 11 is 0.